The Bertz CT molecular complexity index is 1290. The summed E-state index contributed by atoms with van der Waals surface area (Å²) >= 11 is 12.2. The smallest absolute Gasteiger partial charge is 0.241 e. The lowest BCUT2D eigenvalue weighted by Gasteiger charge is -2.30. The van der Waals surface area contributed by atoms with Crippen LogP contribution in [0.3, 0.4) is 0 Å². The summed E-state index contributed by atoms with van der Waals surface area (Å²) in [4.78, 5) is 33.6. The Morgan fingerprint density at radius 3 is 2.67 bits per heavy atom. The van der Waals surface area contributed by atoms with Gasteiger partial charge < -0.3 is 14.7 Å². The van der Waals surface area contributed by atoms with Crippen molar-refractivity contribution in [2.45, 2.75) is 39.2 Å². The summed E-state index contributed by atoms with van der Waals surface area (Å²) in [6.07, 6.45) is 2.92. The van der Waals surface area contributed by atoms with Gasteiger partial charge in [0.2, 0.25) is 23.5 Å². The molecule has 1 N–H and O–H groups in total. The van der Waals surface area contributed by atoms with Crippen molar-refractivity contribution in [3.63, 3.8) is 0 Å². The molecule has 2 aliphatic heterocycles. The number of nitrogens with one attached hydrogen (secondary N) is 1. The lowest BCUT2D eigenvalue weighted by Crippen LogP contribution is -2.37. The largest absolute Gasteiger partial charge is 0.338 e. The number of rotatable bonds is 6. The van der Waals surface area contributed by atoms with Gasteiger partial charge in [0.05, 0.1) is 11.6 Å². The van der Waals surface area contributed by atoms with E-state index >= 15 is 0 Å². The van der Waals surface area contributed by atoms with Crippen LogP contribution in [0.25, 0.3) is 11.4 Å². The summed E-state index contributed by atoms with van der Waals surface area (Å²) in [7, 11) is 0. The standard InChI is InChI=1S/C26H27Cl2N5O3/c1-16-4-6-19(14-22(16)33-10-2-3-24(33)34)29-26(35)17-8-11-32(12-9-17)15-23-30-25(31-36-23)20-7-5-18(27)13-21(20)28/h4-7,13-14,17H,2-3,8-12,15H2,1H3,(H,29,35). The fourth-order valence-corrected chi connectivity index (χ4v) is 5.26. The van der Waals surface area contributed by atoms with Crippen LogP contribution in [0.2, 0.25) is 10.0 Å². The summed E-state index contributed by atoms with van der Waals surface area (Å²) in [5.74, 6) is 0.996. The van der Waals surface area contributed by atoms with Crippen LogP contribution in [0.1, 0.15) is 37.1 Å². The van der Waals surface area contributed by atoms with Crippen molar-refractivity contribution in [1.82, 2.24) is 15.0 Å². The minimum atomic E-state index is -0.0782. The van der Waals surface area contributed by atoms with Crippen LogP contribution in [0.15, 0.2) is 40.9 Å². The Morgan fingerprint density at radius 2 is 1.94 bits per heavy atom. The van der Waals surface area contributed by atoms with Gasteiger partial charge in [-0.3, -0.25) is 14.5 Å². The van der Waals surface area contributed by atoms with E-state index in [0.29, 0.717) is 40.3 Å². The normalized spacial score (nSPS) is 17.1. The third-order valence-electron chi connectivity index (χ3n) is 6.80. The molecule has 2 aliphatic rings. The molecule has 2 saturated heterocycles. The third-order valence-corrected chi connectivity index (χ3v) is 7.35. The molecular weight excluding hydrogens is 501 g/mol. The summed E-state index contributed by atoms with van der Waals surface area (Å²) in [6.45, 7) is 4.72. The van der Waals surface area contributed by atoms with Crippen LogP contribution in [0, 0.1) is 12.8 Å². The molecule has 0 aliphatic carbocycles. The molecule has 3 aromatic rings. The molecule has 0 radical (unpaired) electrons. The molecule has 10 heteroatoms. The van der Waals surface area contributed by atoms with Gasteiger partial charge in [0, 0.05) is 40.8 Å². The molecule has 0 spiro atoms. The number of aromatic nitrogens is 2. The van der Waals surface area contributed by atoms with Crippen LogP contribution < -0.4 is 10.2 Å². The number of hydrogen-bond acceptors (Lipinski definition) is 6. The summed E-state index contributed by atoms with van der Waals surface area (Å²) < 4.78 is 5.43. The number of amides is 2. The lowest BCUT2D eigenvalue weighted by atomic mass is 9.95. The maximum absolute atomic E-state index is 13.0. The maximum Gasteiger partial charge on any atom is 0.241 e. The number of piperidine rings is 1. The van der Waals surface area contributed by atoms with Crippen LogP contribution >= 0.6 is 23.2 Å². The first-order valence-corrected chi connectivity index (χ1v) is 12.9. The SMILES string of the molecule is Cc1ccc(NC(=O)C2CCN(Cc3nc(-c4ccc(Cl)cc4Cl)no3)CC2)cc1N1CCCC1=O. The molecule has 8 nitrogen and oxygen atoms in total. The number of nitrogens with zero attached hydrogens (tertiary/aromatic N) is 4. The molecular formula is C26H27Cl2N5O3. The van der Waals surface area contributed by atoms with Gasteiger partial charge in [-0.15, -0.1) is 0 Å². The van der Waals surface area contributed by atoms with Crippen molar-refractivity contribution in [2.75, 3.05) is 29.9 Å². The molecule has 1 aromatic heterocycles. The average molecular weight is 528 g/mol. The minimum absolute atomic E-state index is 0.00894. The zero-order valence-electron chi connectivity index (χ0n) is 20.0. The molecule has 5 rings (SSSR count). The predicted molar refractivity (Wildman–Crippen MR) is 139 cm³/mol. The van der Waals surface area contributed by atoms with E-state index in [2.05, 4.69) is 20.4 Å². The first kappa shape index (κ1) is 24.7. The van der Waals surface area contributed by atoms with Crippen molar-refractivity contribution in [3.05, 3.63) is 57.9 Å². The number of carbonyl (C=O) groups is 2. The molecule has 2 aromatic carbocycles. The number of carbonyl (C=O) groups excluding carboxylic acids is 2. The zero-order valence-corrected chi connectivity index (χ0v) is 21.5. The van der Waals surface area contributed by atoms with Gasteiger partial charge in [-0.2, -0.15) is 4.98 Å². The first-order chi connectivity index (χ1) is 17.4. The second-order valence-electron chi connectivity index (χ2n) is 9.33. The number of anilines is 2. The molecule has 36 heavy (non-hydrogen) atoms. The number of halogens is 2. The van der Waals surface area contributed by atoms with Gasteiger partial charge in [-0.05, 0) is 75.2 Å². The fourth-order valence-electron chi connectivity index (χ4n) is 4.77. The van der Waals surface area contributed by atoms with Gasteiger partial charge in [0.1, 0.15) is 0 Å². The maximum atomic E-state index is 13.0. The van der Waals surface area contributed by atoms with Gasteiger partial charge in [-0.25, -0.2) is 0 Å². The van der Waals surface area contributed by atoms with Gasteiger partial charge in [-0.1, -0.05) is 34.4 Å². The highest BCUT2D eigenvalue weighted by Crippen LogP contribution is 2.30. The minimum Gasteiger partial charge on any atom is -0.338 e. The van der Waals surface area contributed by atoms with Crippen LogP contribution in [0.5, 0.6) is 0 Å². The Morgan fingerprint density at radius 1 is 1.14 bits per heavy atom. The van der Waals surface area contributed by atoms with Crippen LogP contribution in [0.4, 0.5) is 11.4 Å². The molecule has 3 heterocycles. The van der Waals surface area contributed by atoms with Crippen molar-refractivity contribution in [1.29, 1.82) is 0 Å². The number of likely N-dealkylation sites (tertiary alicyclic amines) is 1. The Balaban J connectivity index is 1.15. The topological polar surface area (TPSA) is 91.6 Å². The zero-order chi connectivity index (χ0) is 25.2. The van der Waals surface area contributed by atoms with Crippen molar-refractivity contribution in [2.24, 2.45) is 5.92 Å². The van der Waals surface area contributed by atoms with Gasteiger partial charge in [0.25, 0.3) is 0 Å². The molecule has 0 saturated carbocycles. The first-order valence-electron chi connectivity index (χ1n) is 12.1. The predicted octanol–water partition coefficient (Wildman–Crippen LogP) is 5.33. The Labute approximate surface area is 219 Å². The lowest BCUT2D eigenvalue weighted by molar-refractivity contribution is -0.121. The quantitative estimate of drug-likeness (QED) is 0.465. The Hall–Kier alpha value is -2.94. The van der Waals surface area contributed by atoms with Crippen molar-refractivity contribution in [3.8, 4) is 11.4 Å². The van der Waals surface area contributed by atoms with E-state index in [1.165, 1.54) is 0 Å². The highest BCUT2D eigenvalue weighted by atomic mass is 35.5. The van der Waals surface area contributed by atoms with E-state index in [1.807, 2.05) is 30.0 Å². The van der Waals surface area contributed by atoms with E-state index in [-0.39, 0.29) is 17.7 Å². The highest BCUT2D eigenvalue weighted by Gasteiger charge is 2.27. The van der Waals surface area contributed by atoms with Gasteiger partial charge >= 0.3 is 0 Å². The second kappa shape index (κ2) is 10.6. The summed E-state index contributed by atoms with van der Waals surface area (Å²) in [5, 5.41) is 8.12. The number of aryl methyl sites for hydroxylation is 1. The van der Waals surface area contributed by atoms with Crippen molar-refractivity contribution < 1.29 is 14.1 Å². The summed E-state index contributed by atoms with van der Waals surface area (Å²) in [6, 6.07) is 10.9. The van der Waals surface area contributed by atoms with Crippen LogP contribution in [-0.2, 0) is 16.1 Å². The number of benzene rings is 2. The molecule has 0 unspecified atom stereocenters. The Kier molecular flexibility index (Phi) is 7.27. The van der Waals surface area contributed by atoms with Crippen molar-refractivity contribution >= 4 is 46.4 Å². The molecule has 0 atom stereocenters. The monoisotopic (exact) mass is 527 g/mol. The van der Waals surface area contributed by atoms with E-state index in [9.17, 15) is 9.59 Å². The molecule has 2 fully saturated rings. The van der Waals surface area contributed by atoms with E-state index < -0.39 is 0 Å². The average Bonchev–Trinajstić information content (AvgIpc) is 3.49. The van der Waals surface area contributed by atoms with Gasteiger partial charge in [0.15, 0.2) is 0 Å². The molecule has 188 valence electrons. The second-order valence-corrected chi connectivity index (χ2v) is 10.2. The fraction of sp³-hybridized carbons (Fsp3) is 0.385. The molecule has 2 amide bonds. The third kappa shape index (κ3) is 5.40. The van der Waals surface area contributed by atoms with E-state index in [1.54, 1.807) is 18.2 Å². The number of hydrogen-bond donors (Lipinski definition) is 1. The van der Waals surface area contributed by atoms with Crippen LogP contribution in [-0.4, -0.2) is 46.5 Å². The highest BCUT2D eigenvalue weighted by molar-refractivity contribution is 6.36. The molecule has 0 bridgehead atoms. The van der Waals surface area contributed by atoms with E-state index in [0.717, 1.165) is 55.8 Å². The van der Waals surface area contributed by atoms with E-state index in [4.69, 9.17) is 27.7 Å². The summed E-state index contributed by atoms with van der Waals surface area (Å²) in [5.41, 5.74) is 3.30.